The van der Waals surface area contributed by atoms with Crippen LogP contribution in [0.1, 0.15) is 24.8 Å². The summed E-state index contributed by atoms with van der Waals surface area (Å²) < 4.78 is 7.97. The molecule has 114 valence electrons. The number of H-pyrrole nitrogens is 1. The molecule has 0 aromatic carbocycles. The molecule has 4 rings (SSSR count). The van der Waals surface area contributed by atoms with Crippen LogP contribution in [0.15, 0.2) is 24.9 Å². The molecule has 0 saturated carbocycles. The number of fused-ring (bicyclic) bond motifs is 1. The van der Waals surface area contributed by atoms with Crippen molar-refractivity contribution in [3.8, 4) is 0 Å². The molecule has 0 radical (unpaired) electrons. The molecule has 2 atom stereocenters. The van der Waals surface area contributed by atoms with E-state index in [1.165, 1.54) is 6.33 Å². The Morgan fingerprint density at radius 1 is 1.36 bits per heavy atom. The number of hydrogen-bond acceptors (Lipinski definition) is 6. The van der Waals surface area contributed by atoms with Crippen LogP contribution in [0.4, 0.5) is 5.82 Å². The summed E-state index contributed by atoms with van der Waals surface area (Å²) in [5.41, 5.74) is 0.725. The van der Waals surface area contributed by atoms with E-state index in [-0.39, 0.29) is 12.1 Å². The van der Waals surface area contributed by atoms with Crippen molar-refractivity contribution in [1.82, 2.24) is 29.7 Å². The van der Waals surface area contributed by atoms with E-state index in [1.54, 1.807) is 12.4 Å². The number of nitrogens with one attached hydrogen (secondary N) is 2. The van der Waals surface area contributed by atoms with Crippen molar-refractivity contribution in [2.24, 2.45) is 7.05 Å². The zero-order valence-corrected chi connectivity index (χ0v) is 12.2. The molecule has 0 amide bonds. The Morgan fingerprint density at radius 3 is 3.18 bits per heavy atom. The normalized spacial score (nSPS) is 22.0. The van der Waals surface area contributed by atoms with E-state index in [9.17, 15) is 0 Å². The third-order valence-corrected chi connectivity index (χ3v) is 4.01. The number of nitrogens with zero attached hydrogens (tertiary/aromatic N) is 5. The first-order chi connectivity index (χ1) is 10.8. The lowest BCUT2D eigenvalue weighted by atomic mass is 10.0. The Labute approximate surface area is 126 Å². The van der Waals surface area contributed by atoms with Gasteiger partial charge in [-0.3, -0.25) is 5.10 Å². The SMILES string of the molecule is Cn1ccnc1[C@H]1OCCC[C@@H]1Nc1ncnc2[nH]ncc12. The van der Waals surface area contributed by atoms with E-state index in [0.717, 1.165) is 42.1 Å². The number of ether oxygens (including phenoxy) is 1. The summed E-state index contributed by atoms with van der Waals surface area (Å²) in [6.07, 6.45) is 8.91. The molecule has 2 N–H and O–H groups in total. The van der Waals surface area contributed by atoms with E-state index >= 15 is 0 Å². The number of anilines is 1. The minimum absolute atomic E-state index is 0.0920. The average Bonchev–Trinajstić information content (AvgIpc) is 3.17. The number of rotatable bonds is 3. The number of aryl methyl sites for hydroxylation is 1. The van der Waals surface area contributed by atoms with E-state index in [1.807, 2.05) is 17.8 Å². The van der Waals surface area contributed by atoms with Gasteiger partial charge in [-0.05, 0) is 12.8 Å². The molecular formula is C14H17N7O. The van der Waals surface area contributed by atoms with Gasteiger partial charge in [-0.1, -0.05) is 0 Å². The Bertz CT molecular complexity index is 780. The largest absolute Gasteiger partial charge is 0.368 e. The van der Waals surface area contributed by atoms with E-state index in [4.69, 9.17) is 4.74 Å². The average molecular weight is 299 g/mol. The van der Waals surface area contributed by atoms with E-state index in [2.05, 4.69) is 30.5 Å². The summed E-state index contributed by atoms with van der Waals surface area (Å²) in [6.45, 7) is 0.751. The maximum atomic E-state index is 5.97. The van der Waals surface area contributed by atoms with Crippen LogP contribution in [0.3, 0.4) is 0 Å². The van der Waals surface area contributed by atoms with Crippen molar-refractivity contribution in [3.05, 3.63) is 30.7 Å². The predicted octanol–water partition coefficient (Wildman–Crippen LogP) is 1.42. The summed E-state index contributed by atoms with van der Waals surface area (Å²) >= 11 is 0. The van der Waals surface area contributed by atoms with Crippen LogP contribution >= 0.6 is 0 Å². The van der Waals surface area contributed by atoms with Gasteiger partial charge in [-0.15, -0.1) is 0 Å². The first-order valence-electron chi connectivity index (χ1n) is 7.32. The van der Waals surface area contributed by atoms with Crippen molar-refractivity contribution >= 4 is 16.9 Å². The first kappa shape index (κ1) is 13.2. The second-order valence-electron chi connectivity index (χ2n) is 5.44. The molecule has 22 heavy (non-hydrogen) atoms. The van der Waals surface area contributed by atoms with E-state index < -0.39 is 0 Å². The molecule has 0 unspecified atom stereocenters. The zero-order valence-electron chi connectivity index (χ0n) is 12.2. The van der Waals surface area contributed by atoms with Crippen molar-refractivity contribution < 1.29 is 4.74 Å². The highest BCUT2D eigenvalue weighted by atomic mass is 16.5. The topological polar surface area (TPSA) is 93.5 Å². The molecule has 8 nitrogen and oxygen atoms in total. The van der Waals surface area contributed by atoms with Crippen LogP contribution < -0.4 is 5.32 Å². The fourth-order valence-corrected chi connectivity index (χ4v) is 2.89. The molecule has 1 aliphatic rings. The molecular weight excluding hydrogens is 282 g/mol. The van der Waals surface area contributed by atoms with Gasteiger partial charge >= 0.3 is 0 Å². The third-order valence-electron chi connectivity index (χ3n) is 4.01. The van der Waals surface area contributed by atoms with Gasteiger partial charge in [0.15, 0.2) is 5.65 Å². The minimum atomic E-state index is -0.0920. The lowest BCUT2D eigenvalue weighted by Crippen LogP contribution is -2.35. The Balaban J connectivity index is 1.65. The molecule has 1 saturated heterocycles. The van der Waals surface area contributed by atoms with Crippen LogP contribution in [0.5, 0.6) is 0 Å². The number of hydrogen-bond donors (Lipinski definition) is 2. The fourth-order valence-electron chi connectivity index (χ4n) is 2.89. The second kappa shape index (κ2) is 5.38. The summed E-state index contributed by atoms with van der Waals surface area (Å²) in [5, 5.41) is 11.2. The number of aromatic nitrogens is 6. The van der Waals surface area contributed by atoms with Gasteiger partial charge in [0.2, 0.25) is 0 Å². The van der Waals surface area contributed by atoms with Gasteiger partial charge in [-0.2, -0.15) is 5.10 Å². The van der Waals surface area contributed by atoms with Crippen LogP contribution in [-0.2, 0) is 11.8 Å². The Hall–Kier alpha value is -2.48. The number of aromatic amines is 1. The van der Waals surface area contributed by atoms with Gasteiger partial charge in [0.05, 0.1) is 17.6 Å². The smallest absolute Gasteiger partial charge is 0.160 e. The molecule has 8 heteroatoms. The second-order valence-corrected chi connectivity index (χ2v) is 5.44. The maximum Gasteiger partial charge on any atom is 0.160 e. The molecule has 0 aliphatic carbocycles. The van der Waals surface area contributed by atoms with Crippen molar-refractivity contribution in [3.63, 3.8) is 0 Å². The zero-order chi connectivity index (χ0) is 14.9. The Morgan fingerprint density at radius 2 is 2.32 bits per heavy atom. The van der Waals surface area contributed by atoms with Gasteiger partial charge in [0.1, 0.15) is 24.1 Å². The lowest BCUT2D eigenvalue weighted by Gasteiger charge is -2.32. The molecule has 4 heterocycles. The van der Waals surface area contributed by atoms with Crippen LogP contribution in [-0.4, -0.2) is 42.4 Å². The van der Waals surface area contributed by atoms with Gasteiger partial charge in [0, 0.05) is 26.0 Å². The quantitative estimate of drug-likeness (QED) is 0.759. The van der Waals surface area contributed by atoms with Crippen LogP contribution in [0, 0.1) is 0 Å². The van der Waals surface area contributed by atoms with Crippen molar-refractivity contribution in [2.45, 2.75) is 25.0 Å². The van der Waals surface area contributed by atoms with Crippen LogP contribution in [0.25, 0.3) is 11.0 Å². The summed E-state index contributed by atoms with van der Waals surface area (Å²) in [4.78, 5) is 12.9. The Kier molecular flexibility index (Phi) is 3.23. The molecule has 1 fully saturated rings. The van der Waals surface area contributed by atoms with Crippen molar-refractivity contribution in [2.75, 3.05) is 11.9 Å². The van der Waals surface area contributed by atoms with Gasteiger partial charge < -0.3 is 14.6 Å². The monoisotopic (exact) mass is 299 g/mol. The maximum absolute atomic E-state index is 5.97. The molecule has 0 spiro atoms. The highest BCUT2D eigenvalue weighted by Gasteiger charge is 2.31. The standard InChI is InChI=1S/C14H17N7O/c1-21-5-4-15-14(21)11-10(3-2-6-22-11)19-12-9-7-18-20-13(9)17-8-16-12/h4-5,7-8,10-11H,2-3,6H2,1H3,(H2,16,17,18,19,20)/t10-,11-/m0/s1. The van der Waals surface area contributed by atoms with Gasteiger partial charge in [0.25, 0.3) is 0 Å². The fraction of sp³-hybridized carbons (Fsp3) is 0.429. The van der Waals surface area contributed by atoms with Crippen molar-refractivity contribution in [1.29, 1.82) is 0 Å². The summed E-state index contributed by atoms with van der Waals surface area (Å²) in [5.74, 6) is 1.70. The predicted molar refractivity (Wildman–Crippen MR) is 80.2 cm³/mol. The minimum Gasteiger partial charge on any atom is -0.368 e. The molecule has 1 aliphatic heterocycles. The van der Waals surface area contributed by atoms with Gasteiger partial charge in [-0.25, -0.2) is 15.0 Å². The molecule has 0 bridgehead atoms. The highest BCUT2D eigenvalue weighted by molar-refractivity contribution is 5.85. The first-order valence-corrected chi connectivity index (χ1v) is 7.32. The number of imidazole rings is 1. The van der Waals surface area contributed by atoms with Crippen LogP contribution in [0.2, 0.25) is 0 Å². The third kappa shape index (κ3) is 2.21. The molecule has 3 aromatic rings. The summed E-state index contributed by atoms with van der Waals surface area (Å²) in [7, 11) is 1.98. The summed E-state index contributed by atoms with van der Waals surface area (Å²) in [6, 6.07) is 0.114. The lowest BCUT2D eigenvalue weighted by molar-refractivity contribution is -0.00132. The highest BCUT2D eigenvalue weighted by Crippen LogP contribution is 2.30. The molecule has 3 aromatic heterocycles. The van der Waals surface area contributed by atoms with E-state index in [0.29, 0.717) is 0 Å².